The smallest absolute Gasteiger partial charge is 0.277 e. The number of rotatable bonds is 5. The second-order valence-electron chi connectivity index (χ2n) is 8.77. The number of piperazine rings is 1. The zero-order valence-electron chi connectivity index (χ0n) is 17.9. The molecular weight excluding hydrogens is 380 g/mol. The quantitative estimate of drug-likeness (QED) is 0.736. The van der Waals surface area contributed by atoms with Gasteiger partial charge >= 0.3 is 0 Å². The van der Waals surface area contributed by atoms with E-state index in [0.717, 1.165) is 51.1 Å². The van der Waals surface area contributed by atoms with E-state index in [1.54, 1.807) is 4.90 Å². The Morgan fingerprint density at radius 3 is 2.30 bits per heavy atom. The first-order valence-corrected chi connectivity index (χ1v) is 11.3. The summed E-state index contributed by atoms with van der Waals surface area (Å²) in [6.07, 6.45) is 3.48. The van der Waals surface area contributed by atoms with Crippen molar-refractivity contribution < 1.29 is 19.3 Å². The Morgan fingerprint density at radius 2 is 1.67 bits per heavy atom. The molecule has 0 aliphatic carbocycles. The molecule has 7 heteroatoms. The standard InChI is InChI=1S/C23H32N4O3/c1-2-18-5-7-20(8-6-18)27-16-19(15-21(27)28)23(30)26-13-11-24(12-14-26)17-22(29)25-9-3-4-10-25/h5-8,19H,2-4,9-17H2,1H3/p+1/t19-/m1/s1. The van der Waals surface area contributed by atoms with Crippen molar-refractivity contribution in [3.05, 3.63) is 29.8 Å². The lowest BCUT2D eigenvalue weighted by Crippen LogP contribution is -3.15. The molecule has 1 aromatic carbocycles. The topological polar surface area (TPSA) is 65.4 Å². The summed E-state index contributed by atoms with van der Waals surface area (Å²) >= 11 is 0. The van der Waals surface area contributed by atoms with Gasteiger partial charge in [0.1, 0.15) is 0 Å². The van der Waals surface area contributed by atoms with Gasteiger partial charge in [0.2, 0.25) is 11.8 Å². The van der Waals surface area contributed by atoms with Gasteiger partial charge in [0.15, 0.2) is 6.54 Å². The largest absolute Gasteiger partial charge is 0.338 e. The van der Waals surface area contributed by atoms with Gasteiger partial charge in [-0.05, 0) is 37.0 Å². The molecule has 1 N–H and O–H groups in total. The van der Waals surface area contributed by atoms with Crippen LogP contribution in [0.15, 0.2) is 24.3 Å². The third-order valence-corrected chi connectivity index (χ3v) is 6.77. The van der Waals surface area contributed by atoms with Crippen molar-refractivity contribution in [2.24, 2.45) is 5.92 Å². The molecule has 0 saturated carbocycles. The monoisotopic (exact) mass is 413 g/mol. The van der Waals surface area contributed by atoms with E-state index in [1.807, 2.05) is 34.1 Å². The van der Waals surface area contributed by atoms with E-state index < -0.39 is 0 Å². The Morgan fingerprint density at radius 1 is 1.00 bits per heavy atom. The number of nitrogens with zero attached hydrogens (tertiary/aromatic N) is 3. The molecule has 0 aromatic heterocycles. The number of nitrogens with one attached hydrogen (secondary N) is 1. The van der Waals surface area contributed by atoms with Crippen LogP contribution in [0.4, 0.5) is 5.69 Å². The highest BCUT2D eigenvalue weighted by molar-refractivity contribution is 6.00. The molecule has 1 atom stereocenters. The number of anilines is 1. The number of carbonyl (C=O) groups excluding carboxylic acids is 3. The molecule has 3 fully saturated rings. The maximum absolute atomic E-state index is 13.0. The van der Waals surface area contributed by atoms with E-state index in [-0.39, 0.29) is 30.1 Å². The molecule has 1 aromatic rings. The zero-order valence-corrected chi connectivity index (χ0v) is 17.9. The lowest BCUT2D eigenvalue weighted by Gasteiger charge is -2.33. The van der Waals surface area contributed by atoms with E-state index in [4.69, 9.17) is 0 Å². The van der Waals surface area contributed by atoms with Gasteiger partial charge in [-0.25, -0.2) is 0 Å². The van der Waals surface area contributed by atoms with Gasteiger partial charge < -0.3 is 19.6 Å². The second kappa shape index (κ2) is 9.16. The van der Waals surface area contributed by atoms with Gasteiger partial charge in [0.05, 0.1) is 32.1 Å². The second-order valence-corrected chi connectivity index (χ2v) is 8.77. The summed E-state index contributed by atoms with van der Waals surface area (Å²) in [5.74, 6) is 0.0866. The van der Waals surface area contributed by atoms with Gasteiger partial charge in [0.25, 0.3) is 5.91 Å². The normalized spacial score (nSPS) is 22.8. The summed E-state index contributed by atoms with van der Waals surface area (Å²) in [5, 5.41) is 0. The summed E-state index contributed by atoms with van der Waals surface area (Å²) < 4.78 is 0. The summed E-state index contributed by atoms with van der Waals surface area (Å²) in [6, 6.07) is 8.04. The highest BCUT2D eigenvalue weighted by Gasteiger charge is 2.38. The fraction of sp³-hybridized carbons (Fsp3) is 0.609. The van der Waals surface area contributed by atoms with Gasteiger partial charge in [-0.3, -0.25) is 14.4 Å². The summed E-state index contributed by atoms with van der Waals surface area (Å²) in [6.45, 7) is 7.81. The van der Waals surface area contributed by atoms with Gasteiger partial charge in [-0.2, -0.15) is 0 Å². The van der Waals surface area contributed by atoms with Crippen LogP contribution < -0.4 is 9.80 Å². The van der Waals surface area contributed by atoms with Crippen LogP contribution in [0.2, 0.25) is 0 Å². The van der Waals surface area contributed by atoms with Crippen molar-refractivity contribution in [1.82, 2.24) is 9.80 Å². The molecule has 0 spiro atoms. The average molecular weight is 414 g/mol. The van der Waals surface area contributed by atoms with E-state index in [1.165, 1.54) is 10.5 Å². The van der Waals surface area contributed by atoms with Crippen LogP contribution in [0.5, 0.6) is 0 Å². The Labute approximate surface area is 178 Å². The molecule has 7 nitrogen and oxygen atoms in total. The van der Waals surface area contributed by atoms with Crippen molar-refractivity contribution in [1.29, 1.82) is 0 Å². The predicted molar refractivity (Wildman–Crippen MR) is 114 cm³/mol. The number of hydrogen-bond donors (Lipinski definition) is 1. The number of carbonyl (C=O) groups is 3. The molecule has 4 rings (SSSR count). The molecule has 3 aliphatic heterocycles. The van der Waals surface area contributed by atoms with Crippen LogP contribution >= 0.6 is 0 Å². The minimum atomic E-state index is -0.267. The molecule has 3 aliphatic rings. The highest BCUT2D eigenvalue weighted by Crippen LogP contribution is 2.26. The van der Waals surface area contributed by atoms with E-state index in [2.05, 4.69) is 6.92 Å². The first-order valence-electron chi connectivity index (χ1n) is 11.3. The van der Waals surface area contributed by atoms with Crippen molar-refractivity contribution in [3.8, 4) is 0 Å². The Hall–Kier alpha value is -2.41. The average Bonchev–Trinajstić information content (AvgIpc) is 3.44. The summed E-state index contributed by atoms with van der Waals surface area (Å²) in [5.41, 5.74) is 2.11. The SMILES string of the molecule is CCc1ccc(N2C[C@H](C(=O)N3CC[NH+](CC(=O)N4CCCC4)CC3)CC2=O)cc1. The fourth-order valence-electron chi connectivity index (χ4n) is 4.80. The lowest BCUT2D eigenvalue weighted by atomic mass is 10.1. The molecule has 0 radical (unpaired) electrons. The Kier molecular flexibility index (Phi) is 6.37. The third kappa shape index (κ3) is 4.51. The summed E-state index contributed by atoms with van der Waals surface area (Å²) in [4.78, 5) is 44.8. The van der Waals surface area contributed by atoms with Gasteiger partial charge in [-0.15, -0.1) is 0 Å². The number of aryl methyl sites for hydroxylation is 1. The number of hydrogen-bond acceptors (Lipinski definition) is 3. The van der Waals surface area contributed by atoms with Crippen LogP contribution in [-0.4, -0.2) is 79.9 Å². The van der Waals surface area contributed by atoms with Crippen LogP contribution in [0.3, 0.4) is 0 Å². The van der Waals surface area contributed by atoms with Crippen molar-refractivity contribution in [3.63, 3.8) is 0 Å². The Balaban J connectivity index is 1.27. The fourth-order valence-corrected chi connectivity index (χ4v) is 4.80. The molecule has 0 unspecified atom stereocenters. The first kappa shape index (κ1) is 20.8. The molecule has 162 valence electrons. The first-order chi connectivity index (χ1) is 14.5. The molecule has 0 bridgehead atoms. The third-order valence-electron chi connectivity index (χ3n) is 6.77. The van der Waals surface area contributed by atoms with E-state index >= 15 is 0 Å². The number of benzene rings is 1. The molecular formula is C23H33N4O3+. The van der Waals surface area contributed by atoms with Gasteiger partial charge in [-0.1, -0.05) is 19.1 Å². The molecule has 3 amide bonds. The highest BCUT2D eigenvalue weighted by atomic mass is 16.2. The van der Waals surface area contributed by atoms with Crippen molar-refractivity contribution in [2.75, 3.05) is 57.3 Å². The molecule has 30 heavy (non-hydrogen) atoms. The van der Waals surface area contributed by atoms with Crippen LogP contribution in [0.1, 0.15) is 31.7 Å². The number of quaternary nitrogens is 1. The van der Waals surface area contributed by atoms with Crippen molar-refractivity contribution >= 4 is 23.4 Å². The number of amides is 3. The summed E-state index contributed by atoms with van der Waals surface area (Å²) in [7, 11) is 0. The zero-order chi connectivity index (χ0) is 21.1. The Bertz CT molecular complexity index is 780. The van der Waals surface area contributed by atoms with Crippen molar-refractivity contribution in [2.45, 2.75) is 32.6 Å². The molecule has 3 heterocycles. The van der Waals surface area contributed by atoms with Gasteiger partial charge in [0, 0.05) is 31.7 Å². The minimum absolute atomic E-state index is 0.0260. The van der Waals surface area contributed by atoms with Crippen LogP contribution in [-0.2, 0) is 20.8 Å². The lowest BCUT2D eigenvalue weighted by molar-refractivity contribution is -0.896. The maximum Gasteiger partial charge on any atom is 0.277 e. The van der Waals surface area contributed by atoms with E-state index in [9.17, 15) is 14.4 Å². The predicted octanol–water partition coefficient (Wildman–Crippen LogP) is -0.0486. The number of likely N-dealkylation sites (tertiary alicyclic amines) is 1. The maximum atomic E-state index is 13.0. The molecule has 3 saturated heterocycles. The van der Waals surface area contributed by atoms with Crippen LogP contribution in [0, 0.1) is 5.92 Å². The van der Waals surface area contributed by atoms with E-state index in [0.29, 0.717) is 26.2 Å². The van der Waals surface area contributed by atoms with Crippen LogP contribution in [0.25, 0.3) is 0 Å². The minimum Gasteiger partial charge on any atom is -0.338 e.